The van der Waals surface area contributed by atoms with Crippen molar-refractivity contribution in [3.05, 3.63) is 34.9 Å². The van der Waals surface area contributed by atoms with E-state index in [1.165, 1.54) is 4.90 Å². The fourth-order valence-electron chi connectivity index (χ4n) is 1.98. The first-order valence-electron chi connectivity index (χ1n) is 5.72. The summed E-state index contributed by atoms with van der Waals surface area (Å²) in [5.74, 6) is -1.89. The zero-order chi connectivity index (χ0) is 13.3. The number of carboxylic acid groups (broad SMARTS) is 1. The molecule has 2 rings (SSSR count). The summed E-state index contributed by atoms with van der Waals surface area (Å²) in [5, 5.41) is 9.41. The van der Waals surface area contributed by atoms with Crippen LogP contribution in [0.5, 0.6) is 0 Å². The number of rotatable bonds is 4. The summed E-state index contributed by atoms with van der Waals surface area (Å²) in [5.41, 5.74) is 0.863. The van der Waals surface area contributed by atoms with Crippen molar-refractivity contribution in [2.75, 3.05) is 7.05 Å². The molecule has 5 heteroatoms. The maximum Gasteiger partial charge on any atom is 0.307 e. The van der Waals surface area contributed by atoms with Crippen LogP contribution in [0, 0.1) is 11.8 Å². The van der Waals surface area contributed by atoms with E-state index in [0.717, 1.165) is 5.56 Å². The van der Waals surface area contributed by atoms with E-state index in [-0.39, 0.29) is 11.8 Å². The van der Waals surface area contributed by atoms with Gasteiger partial charge >= 0.3 is 5.97 Å². The summed E-state index contributed by atoms with van der Waals surface area (Å²) in [4.78, 5) is 24.2. The highest BCUT2D eigenvalue weighted by Crippen LogP contribution is 2.40. The Labute approximate surface area is 110 Å². The highest BCUT2D eigenvalue weighted by molar-refractivity contribution is 6.31. The Hall–Kier alpha value is -1.55. The third kappa shape index (κ3) is 2.64. The van der Waals surface area contributed by atoms with Gasteiger partial charge in [0.25, 0.3) is 0 Å². The Bertz CT molecular complexity index is 489. The molecule has 0 radical (unpaired) electrons. The van der Waals surface area contributed by atoms with E-state index in [4.69, 9.17) is 16.7 Å². The van der Waals surface area contributed by atoms with Crippen molar-refractivity contribution in [3.63, 3.8) is 0 Å². The highest BCUT2D eigenvalue weighted by atomic mass is 35.5. The normalized spacial score (nSPS) is 21.4. The number of benzene rings is 1. The minimum absolute atomic E-state index is 0.123. The summed E-state index contributed by atoms with van der Waals surface area (Å²) in [6, 6.07) is 7.31. The van der Waals surface area contributed by atoms with Gasteiger partial charge < -0.3 is 10.0 Å². The summed E-state index contributed by atoms with van der Waals surface area (Å²) >= 11 is 6.02. The van der Waals surface area contributed by atoms with Crippen LogP contribution in [0.15, 0.2) is 24.3 Å². The summed E-state index contributed by atoms with van der Waals surface area (Å²) in [6.07, 6.45) is 0.445. The molecule has 0 aromatic heterocycles. The minimum Gasteiger partial charge on any atom is -0.481 e. The third-order valence-corrected chi connectivity index (χ3v) is 3.54. The van der Waals surface area contributed by atoms with Gasteiger partial charge in [0.1, 0.15) is 0 Å². The van der Waals surface area contributed by atoms with Crippen LogP contribution in [0.3, 0.4) is 0 Å². The molecule has 96 valence electrons. The second-order valence-electron chi connectivity index (χ2n) is 4.57. The summed E-state index contributed by atoms with van der Waals surface area (Å²) < 4.78 is 0. The van der Waals surface area contributed by atoms with Gasteiger partial charge in [0.15, 0.2) is 0 Å². The quantitative estimate of drug-likeness (QED) is 0.908. The van der Waals surface area contributed by atoms with Crippen molar-refractivity contribution in [1.29, 1.82) is 0 Å². The molecule has 1 aromatic rings. The lowest BCUT2D eigenvalue weighted by Crippen LogP contribution is -2.28. The molecule has 1 amide bonds. The molecule has 4 nitrogen and oxygen atoms in total. The molecule has 1 saturated carbocycles. The Balaban J connectivity index is 1.97. The van der Waals surface area contributed by atoms with E-state index < -0.39 is 11.9 Å². The Morgan fingerprint density at radius 1 is 1.39 bits per heavy atom. The Morgan fingerprint density at radius 3 is 2.61 bits per heavy atom. The second kappa shape index (κ2) is 4.98. The van der Waals surface area contributed by atoms with E-state index in [1.807, 2.05) is 18.2 Å². The average molecular weight is 268 g/mol. The van der Waals surface area contributed by atoms with Crippen molar-refractivity contribution in [1.82, 2.24) is 4.90 Å². The molecule has 1 aliphatic carbocycles. The Kier molecular flexibility index (Phi) is 3.57. The molecule has 0 unspecified atom stereocenters. The van der Waals surface area contributed by atoms with Crippen molar-refractivity contribution in [2.24, 2.45) is 11.8 Å². The smallest absolute Gasteiger partial charge is 0.307 e. The number of carbonyl (C=O) groups is 2. The van der Waals surface area contributed by atoms with E-state index in [0.29, 0.717) is 18.0 Å². The number of hydrogen-bond acceptors (Lipinski definition) is 2. The Morgan fingerprint density at radius 2 is 2.06 bits per heavy atom. The molecule has 18 heavy (non-hydrogen) atoms. The minimum atomic E-state index is -0.889. The molecule has 0 heterocycles. The number of halogens is 1. The zero-order valence-electron chi connectivity index (χ0n) is 9.97. The second-order valence-corrected chi connectivity index (χ2v) is 4.98. The maximum absolute atomic E-state index is 12.0. The van der Waals surface area contributed by atoms with Crippen LogP contribution in [0.25, 0.3) is 0 Å². The van der Waals surface area contributed by atoms with Crippen molar-refractivity contribution in [3.8, 4) is 0 Å². The van der Waals surface area contributed by atoms with Crippen LogP contribution >= 0.6 is 11.6 Å². The fraction of sp³-hybridized carbons (Fsp3) is 0.385. The highest BCUT2D eigenvalue weighted by Gasteiger charge is 2.49. The number of amides is 1. The van der Waals surface area contributed by atoms with Crippen molar-refractivity contribution < 1.29 is 14.7 Å². The molecular formula is C13H14ClNO3. The molecule has 1 fully saturated rings. The van der Waals surface area contributed by atoms with Gasteiger partial charge in [-0.15, -0.1) is 0 Å². The number of nitrogens with zero attached hydrogens (tertiary/aromatic N) is 1. The maximum atomic E-state index is 12.0. The molecule has 1 aliphatic rings. The summed E-state index contributed by atoms with van der Waals surface area (Å²) in [6.45, 7) is 0.404. The van der Waals surface area contributed by atoms with Gasteiger partial charge in [0.2, 0.25) is 5.91 Å². The van der Waals surface area contributed by atoms with Crippen molar-refractivity contribution in [2.45, 2.75) is 13.0 Å². The molecule has 2 atom stereocenters. The van der Waals surface area contributed by atoms with Gasteiger partial charge in [-0.3, -0.25) is 9.59 Å². The van der Waals surface area contributed by atoms with Crippen LogP contribution in [0.4, 0.5) is 0 Å². The van der Waals surface area contributed by atoms with E-state index in [2.05, 4.69) is 0 Å². The van der Waals surface area contributed by atoms with E-state index >= 15 is 0 Å². The van der Waals surface area contributed by atoms with Crippen LogP contribution in [-0.4, -0.2) is 28.9 Å². The molecule has 1 aromatic carbocycles. The fourth-order valence-corrected chi connectivity index (χ4v) is 2.18. The van der Waals surface area contributed by atoms with Crippen LogP contribution in [0.1, 0.15) is 12.0 Å². The molecule has 1 N–H and O–H groups in total. The van der Waals surface area contributed by atoms with Crippen LogP contribution < -0.4 is 0 Å². The lowest BCUT2D eigenvalue weighted by atomic mass is 10.2. The molecular weight excluding hydrogens is 254 g/mol. The van der Waals surface area contributed by atoms with Crippen molar-refractivity contribution >= 4 is 23.5 Å². The SMILES string of the molecule is CN(Cc1ccccc1Cl)C(=O)[C@@H]1C[C@@H]1C(=O)O. The van der Waals surface area contributed by atoms with Gasteiger partial charge in [-0.25, -0.2) is 0 Å². The van der Waals surface area contributed by atoms with Crippen LogP contribution in [0.2, 0.25) is 5.02 Å². The van der Waals surface area contributed by atoms with Gasteiger partial charge in [0, 0.05) is 18.6 Å². The average Bonchev–Trinajstić information content (AvgIpc) is 3.11. The zero-order valence-corrected chi connectivity index (χ0v) is 10.7. The lowest BCUT2D eigenvalue weighted by molar-refractivity contribution is -0.141. The standard InChI is InChI=1S/C13H14ClNO3/c1-15(7-8-4-2-3-5-11(8)14)12(16)9-6-10(9)13(17)18/h2-5,9-10H,6-7H2,1H3,(H,17,18)/t9-,10+/m1/s1. The predicted octanol–water partition coefficient (Wildman–Crippen LogP) is 2.02. The predicted molar refractivity (Wildman–Crippen MR) is 67.2 cm³/mol. The molecule has 0 saturated heterocycles. The first kappa shape index (κ1) is 12.9. The third-order valence-electron chi connectivity index (χ3n) is 3.17. The molecule has 0 aliphatic heterocycles. The van der Waals surface area contributed by atoms with Gasteiger partial charge in [-0.05, 0) is 18.1 Å². The number of carbonyl (C=O) groups excluding carboxylic acids is 1. The number of aliphatic carboxylic acids is 1. The lowest BCUT2D eigenvalue weighted by Gasteiger charge is -2.17. The number of carboxylic acids is 1. The van der Waals surface area contributed by atoms with Gasteiger partial charge in [0.05, 0.1) is 11.8 Å². The summed E-state index contributed by atoms with van der Waals surface area (Å²) in [7, 11) is 1.67. The van der Waals surface area contributed by atoms with E-state index in [9.17, 15) is 9.59 Å². The first-order chi connectivity index (χ1) is 8.50. The largest absolute Gasteiger partial charge is 0.481 e. The van der Waals surface area contributed by atoms with Gasteiger partial charge in [-0.2, -0.15) is 0 Å². The first-order valence-corrected chi connectivity index (χ1v) is 6.09. The molecule has 0 bridgehead atoms. The topological polar surface area (TPSA) is 57.6 Å². The van der Waals surface area contributed by atoms with Gasteiger partial charge in [-0.1, -0.05) is 29.8 Å². The monoisotopic (exact) mass is 267 g/mol. The molecule has 0 spiro atoms. The van der Waals surface area contributed by atoms with E-state index in [1.54, 1.807) is 13.1 Å². The van der Waals surface area contributed by atoms with Crippen LogP contribution in [-0.2, 0) is 16.1 Å². The number of hydrogen-bond donors (Lipinski definition) is 1.